The second-order valence-corrected chi connectivity index (χ2v) is 27.6. The van der Waals surface area contributed by atoms with Crippen LogP contribution in [0.3, 0.4) is 0 Å². The first-order valence-corrected chi connectivity index (χ1v) is 33.4. The third kappa shape index (κ3) is 14.7. The van der Waals surface area contributed by atoms with Gasteiger partial charge in [-0.3, -0.25) is 27.6 Å². The van der Waals surface area contributed by atoms with E-state index in [1.807, 2.05) is 0 Å². The Labute approximate surface area is 498 Å². The molecule has 33 heteroatoms. The molecule has 0 aliphatic carbocycles. The molecule has 0 aromatic heterocycles. The van der Waals surface area contributed by atoms with Gasteiger partial charge in [-0.1, -0.05) is 38.5 Å². The average molecular weight is 1330 g/mol. The number of allylic oxidation sites excluding steroid dienone is 4. The molecule has 0 radical (unpaired) electrons. The lowest BCUT2D eigenvalue weighted by Crippen LogP contribution is -2.33. The van der Waals surface area contributed by atoms with E-state index in [0.717, 1.165) is 24.3 Å². The third-order valence-corrected chi connectivity index (χ3v) is 19.0. The molecule has 24 nitrogen and oxygen atoms in total. The van der Waals surface area contributed by atoms with E-state index in [0.29, 0.717) is 41.9 Å². The van der Waals surface area contributed by atoms with Gasteiger partial charge >= 0.3 is 16.1 Å². The van der Waals surface area contributed by atoms with Gasteiger partial charge in [0.05, 0.1) is 54.8 Å². The molecule has 5 aromatic carbocycles. The molecule has 1 atom stereocenters. The van der Waals surface area contributed by atoms with Crippen LogP contribution in [0.5, 0.6) is 5.75 Å². The van der Waals surface area contributed by atoms with Crippen LogP contribution in [-0.2, 0) is 89.9 Å². The van der Waals surface area contributed by atoms with E-state index >= 15 is 0 Å². The Balaban J connectivity index is 1.32. The van der Waals surface area contributed by atoms with E-state index < -0.39 is 127 Å². The average Bonchev–Trinajstić information content (AvgIpc) is 1.61. The molecule has 2 aliphatic heterocycles. The van der Waals surface area contributed by atoms with Gasteiger partial charge in [0.25, 0.3) is 40.5 Å². The van der Waals surface area contributed by atoms with Gasteiger partial charge in [0.2, 0.25) is 23.1 Å². The molecule has 476 valence electrons. The standard InChI is InChI=1S/C54H60F4N2O22S5/c1-53(2)42(10-9-11-43-54(3,17-20-79-24-25-81-27-26-80-23-22-78-5)46-37-28-32(83(62,63)64)13-14-34(37)41(86(71,72)73)31-39(46)60(43)19-21-77-4)59(38-16-15-35-36(45(38)53)29-33(84(65,66)67)30-40(35)85(68,69)70)18-8-6-7-12-44(61)82-51-47(55)49(57)52(87(74,75)76)50(58)48(51)56/h9-11,13-16,28-31H,6-8,12,17-27H2,1-5H3,(H4-,62,63,64,65,66,67,68,69,70,71,72,73,74,75,76)/p+1. The van der Waals surface area contributed by atoms with Gasteiger partial charge in [-0.15, -0.1) is 0 Å². The molecule has 7 rings (SSSR count). The van der Waals surface area contributed by atoms with Crippen LogP contribution in [0.4, 0.5) is 28.9 Å². The number of esters is 1. The molecule has 0 amide bonds. The number of hydrogen-bond acceptors (Lipinski definition) is 18. The topological polar surface area (TPSA) is 351 Å². The molecule has 0 saturated carbocycles. The van der Waals surface area contributed by atoms with Crippen molar-refractivity contribution >= 4 is 95.2 Å². The summed E-state index contributed by atoms with van der Waals surface area (Å²) in [4.78, 5) is 9.26. The lowest BCUT2D eigenvalue weighted by atomic mass is 9.74. The Bertz CT molecular complexity index is 4210. The second kappa shape index (κ2) is 26.7. The number of ether oxygens (including phenoxy) is 6. The van der Waals surface area contributed by atoms with Gasteiger partial charge < -0.3 is 33.3 Å². The van der Waals surface area contributed by atoms with Crippen molar-refractivity contribution in [3.63, 3.8) is 0 Å². The summed E-state index contributed by atoms with van der Waals surface area (Å²) >= 11 is 0. The van der Waals surface area contributed by atoms with Crippen LogP contribution < -0.4 is 9.64 Å². The Kier molecular flexibility index (Phi) is 21.0. The number of hydrogen-bond donors (Lipinski definition) is 5. The number of carbonyl (C=O) groups excluding carboxylic acids is 1. The van der Waals surface area contributed by atoms with E-state index in [9.17, 15) is 82.7 Å². The van der Waals surface area contributed by atoms with Gasteiger partial charge in [0.1, 0.15) is 16.4 Å². The zero-order chi connectivity index (χ0) is 64.4. The van der Waals surface area contributed by atoms with E-state index in [4.69, 9.17) is 28.2 Å². The van der Waals surface area contributed by atoms with Gasteiger partial charge in [-0.25, -0.2) is 8.78 Å². The van der Waals surface area contributed by atoms with Crippen LogP contribution in [-0.4, -0.2) is 161 Å². The Hall–Kier alpha value is -5.89. The second-order valence-electron chi connectivity index (χ2n) is 20.7. The van der Waals surface area contributed by atoms with Crippen molar-refractivity contribution in [2.24, 2.45) is 0 Å². The molecule has 5 N–H and O–H groups in total. The summed E-state index contributed by atoms with van der Waals surface area (Å²) in [5.41, 5.74) is -0.532. The van der Waals surface area contributed by atoms with Crippen molar-refractivity contribution in [3.05, 3.63) is 107 Å². The first kappa shape index (κ1) is 68.6. The van der Waals surface area contributed by atoms with Crippen molar-refractivity contribution < 1.29 is 120 Å². The minimum atomic E-state index is -5.81. The van der Waals surface area contributed by atoms with E-state index in [2.05, 4.69) is 4.74 Å². The van der Waals surface area contributed by atoms with Gasteiger partial charge in [0, 0.05) is 79.1 Å². The Morgan fingerprint density at radius 1 is 0.586 bits per heavy atom. The summed E-state index contributed by atoms with van der Waals surface area (Å²) in [6, 6.07) is 8.83. The summed E-state index contributed by atoms with van der Waals surface area (Å²) in [6.07, 6.45) is 4.52. The summed E-state index contributed by atoms with van der Waals surface area (Å²) in [7, 11) is -23.1. The monoisotopic (exact) mass is 1330 g/mol. The van der Waals surface area contributed by atoms with E-state index in [1.54, 1.807) is 48.5 Å². The number of rotatable bonds is 29. The number of benzene rings is 5. The van der Waals surface area contributed by atoms with Crippen molar-refractivity contribution in [2.45, 2.75) is 88.2 Å². The minimum Gasteiger partial charge on any atom is -0.420 e. The predicted octanol–water partition coefficient (Wildman–Crippen LogP) is 7.28. The highest BCUT2D eigenvalue weighted by Gasteiger charge is 2.50. The van der Waals surface area contributed by atoms with Gasteiger partial charge in [0.15, 0.2) is 28.8 Å². The largest absolute Gasteiger partial charge is 0.420 e. The normalized spacial score (nSPS) is 16.9. The fourth-order valence-electron chi connectivity index (χ4n) is 10.8. The first-order chi connectivity index (χ1) is 40.5. The summed E-state index contributed by atoms with van der Waals surface area (Å²) in [5, 5.41) is -0.271. The molecule has 0 fully saturated rings. The molecule has 0 spiro atoms. The number of unbranched alkanes of at least 4 members (excludes halogenated alkanes) is 2. The maximum absolute atomic E-state index is 14.7. The summed E-state index contributed by atoms with van der Waals surface area (Å²) < 4.78 is 268. The van der Waals surface area contributed by atoms with Gasteiger partial charge in [-0.2, -0.15) is 55.4 Å². The summed E-state index contributed by atoms with van der Waals surface area (Å²) in [5.74, 6) is -13.2. The molecule has 0 saturated heterocycles. The van der Waals surface area contributed by atoms with Crippen LogP contribution in [0.25, 0.3) is 21.5 Å². The fraction of sp³-hybridized carbons (Fsp3) is 0.407. The zero-order valence-electron chi connectivity index (χ0n) is 47.1. The molecule has 1 unspecified atom stereocenters. The number of fused-ring (bicyclic) bond motifs is 6. The molecule has 87 heavy (non-hydrogen) atoms. The number of anilines is 1. The smallest absolute Gasteiger partial charge is 0.311 e. The molecule has 2 heterocycles. The van der Waals surface area contributed by atoms with Crippen LogP contribution in [0.2, 0.25) is 0 Å². The van der Waals surface area contributed by atoms with Crippen LogP contribution in [0.1, 0.15) is 64.0 Å². The lowest BCUT2D eigenvalue weighted by Gasteiger charge is -2.27. The SMILES string of the molecule is COCCOCCOCCOCCC1(C)C(/C=C/C=C2/N(CCCCCC(=O)Oc3c(F)c(F)c(S(=O)(=O)O)c(F)c3F)c3ccc4c(S(=O)(=O)O)cc(S(=O)(=O)O)cc4c3C2(C)C)=[N+](CCOC)c2cc(S(=O)(=O)O)c3ccc(S(=O)(=O)O)cc3c21. The minimum absolute atomic E-state index is 0.00670. The molecular weight excluding hydrogens is 1260 g/mol. The molecule has 0 bridgehead atoms. The van der Waals surface area contributed by atoms with Crippen molar-refractivity contribution in [3.8, 4) is 5.75 Å². The Morgan fingerprint density at radius 3 is 1.67 bits per heavy atom. The maximum atomic E-state index is 14.7. The highest BCUT2D eigenvalue weighted by atomic mass is 32.2. The van der Waals surface area contributed by atoms with Crippen molar-refractivity contribution in [2.75, 3.05) is 85.1 Å². The van der Waals surface area contributed by atoms with E-state index in [-0.39, 0.29) is 111 Å². The maximum Gasteiger partial charge on any atom is 0.311 e. The number of methoxy groups -OCH3 is 2. The third-order valence-electron chi connectivity index (χ3n) is 14.7. The quantitative estimate of drug-likeness (QED) is 0.00597. The Morgan fingerprint density at radius 2 is 1.11 bits per heavy atom. The predicted molar refractivity (Wildman–Crippen MR) is 303 cm³/mol. The molecule has 5 aromatic rings. The van der Waals surface area contributed by atoms with E-state index in [1.165, 1.54) is 32.4 Å². The van der Waals surface area contributed by atoms with Crippen LogP contribution >= 0.6 is 0 Å². The fourth-order valence-corrected chi connectivity index (χ4v) is 13.9. The van der Waals surface area contributed by atoms with Crippen LogP contribution in [0.15, 0.2) is 96.9 Å². The number of halogens is 4. The van der Waals surface area contributed by atoms with Crippen molar-refractivity contribution in [1.82, 2.24) is 0 Å². The molecular formula is C54H61F4N2O22S5+. The number of carbonyl (C=O) groups is 1. The first-order valence-electron chi connectivity index (χ1n) is 26.2. The summed E-state index contributed by atoms with van der Waals surface area (Å²) in [6.45, 7) is 6.76. The lowest BCUT2D eigenvalue weighted by molar-refractivity contribution is -0.441. The zero-order valence-corrected chi connectivity index (χ0v) is 51.2. The van der Waals surface area contributed by atoms with Gasteiger partial charge in [-0.05, 0) is 78.9 Å². The van der Waals surface area contributed by atoms with Crippen LogP contribution in [0, 0.1) is 23.3 Å². The molecule has 2 aliphatic rings. The number of nitrogens with zero attached hydrogens (tertiary/aromatic N) is 2. The highest BCUT2D eigenvalue weighted by Crippen LogP contribution is 2.53. The highest BCUT2D eigenvalue weighted by molar-refractivity contribution is 7.87. The van der Waals surface area contributed by atoms with Crippen molar-refractivity contribution in [1.29, 1.82) is 0 Å².